The Morgan fingerprint density at radius 1 is 1.30 bits per heavy atom. The molecule has 0 unspecified atom stereocenters. The highest BCUT2D eigenvalue weighted by Crippen LogP contribution is 2.29. The molecule has 3 rings (SSSR count). The number of nitrogens with zero attached hydrogens (tertiary/aromatic N) is 2. The second-order valence-electron chi connectivity index (χ2n) is 5.61. The van der Waals surface area contributed by atoms with E-state index in [0.29, 0.717) is 35.5 Å². The van der Waals surface area contributed by atoms with Crippen molar-refractivity contribution < 1.29 is 14.3 Å². The van der Waals surface area contributed by atoms with Gasteiger partial charge in [0.05, 0.1) is 5.56 Å². The summed E-state index contributed by atoms with van der Waals surface area (Å²) in [7, 11) is 0. The molecule has 1 aromatic carbocycles. The number of benzene rings is 1. The molecule has 0 atom stereocenters. The number of ether oxygens (including phenoxy) is 1. The first-order valence-corrected chi connectivity index (χ1v) is 7.51. The first-order chi connectivity index (χ1) is 11.2. The maximum atomic E-state index is 13.0. The molecule has 0 radical (unpaired) electrons. The first kappa shape index (κ1) is 15.4. The average Bonchev–Trinajstić information content (AvgIpc) is 3.36. The molecule has 1 heterocycles. The lowest BCUT2D eigenvalue weighted by Gasteiger charge is -2.12. The Hall–Kier alpha value is -2.47. The van der Waals surface area contributed by atoms with Crippen molar-refractivity contribution in [3.05, 3.63) is 53.5 Å². The van der Waals surface area contributed by atoms with E-state index in [-0.39, 0.29) is 5.82 Å². The molecule has 6 heteroatoms. The minimum Gasteiger partial charge on any atom is -0.438 e. The van der Waals surface area contributed by atoms with Crippen LogP contribution in [0.15, 0.2) is 41.4 Å². The zero-order valence-electron chi connectivity index (χ0n) is 12.8. The van der Waals surface area contributed by atoms with E-state index in [4.69, 9.17) is 4.74 Å². The molecule has 0 bridgehead atoms. The Morgan fingerprint density at radius 2 is 2.04 bits per heavy atom. The van der Waals surface area contributed by atoms with Crippen LogP contribution in [0, 0.1) is 18.7 Å². The van der Waals surface area contributed by atoms with Gasteiger partial charge in [0, 0.05) is 12.2 Å². The fraction of sp³-hybridized carbons (Fsp3) is 0.294. The molecule has 1 aromatic heterocycles. The molecular formula is C17H18FN3O2. The van der Waals surface area contributed by atoms with Crippen LogP contribution < -0.4 is 10.2 Å². The van der Waals surface area contributed by atoms with Crippen LogP contribution in [0.4, 0.5) is 4.39 Å². The number of rotatable bonds is 5. The van der Waals surface area contributed by atoms with Gasteiger partial charge < -0.3 is 4.74 Å². The fourth-order valence-corrected chi connectivity index (χ4v) is 2.11. The second kappa shape index (κ2) is 6.75. The summed E-state index contributed by atoms with van der Waals surface area (Å²) in [6.07, 6.45) is 2.35. The fourth-order valence-electron chi connectivity index (χ4n) is 2.11. The molecule has 1 aliphatic rings. The highest BCUT2D eigenvalue weighted by Gasteiger charge is 2.21. The van der Waals surface area contributed by atoms with Crippen molar-refractivity contribution in [3.63, 3.8) is 0 Å². The van der Waals surface area contributed by atoms with Crippen LogP contribution in [0.3, 0.4) is 0 Å². The summed E-state index contributed by atoms with van der Waals surface area (Å²) in [6, 6.07) is 9.29. The molecule has 5 nitrogen and oxygen atoms in total. The van der Waals surface area contributed by atoms with Crippen LogP contribution in [0.1, 0.15) is 24.1 Å². The van der Waals surface area contributed by atoms with E-state index in [1.54, 1.807) is 6.07 Å². The van der Waals surface area contributed by atoms with Crippen LogP contribution in [0.2, 0.25) is 0 Å². The molecule has 1 fully saturated rings. The van der Waals surface area contributed by atoms with Crippen LogP contribution in [0.25, 0.3) is 0 Å². The van der Waals surface area contributed by atoms with Crippen molar-refractivity contribution in [2.75, 3.05) is 6.54 Å². The molecule has 0 aliphatic heterocycles. The zero-order chi connectivity index (χ0) is 16.2. The number of pyridine rings is 1. The molecule has 1 saturated carbocycles. The largest absolute Gasteiger partial charge is 0.438 e. The predicted molar refractivity (Wildman–Crippen MR) is 84.5 cm³/mol. The van der Waals surface area contributed by atoms with Crippen LogP contribution in [-0.4, -0.2) is 22.6 Å². The Labute approximate surface area is 133 Å². The highest BCUT2D eigenvalue weighted by molar-refractivity contribution is 6.00. The van der Waals surface area contributed by atoms with Crippen molar-refractivity contribution in [3.8, 4) is 11.6 Å². The SMILES string of the molecule is Cc1ccc(C(=NCC2CC2)NO)c(Oc2ccc(F)cc2)n1. The van der Waals surface area contributed by atoms with Gasteiger partial charge in [0.15, 0.2) is 5.84 Å². The summed E-state index contributed by atoms with van der Waals surface area (Å²) in [5.41, 5.74) is 3.45. The predicted octanol–water partition coefficient (Wildman–Crippen LogP) is 3.46. The monoisotopic (exact) mass is 315 g/mol. The summed E-state index contributed by atoms with van der Waals surface area (Å²) in [5, 5.41) is 9.40. The third-order valence-electron chi connectivity index (χ3n) is 3.59. The molecule has 120 valence electrons. The van der Waals surface area contributed by atoms with Gasteiger partial charge >= 0.3 is 0 Å². The number of nitrogens with one attached hydrogen (secondary N) is 1. The summed E-state index contributed by atoms with van der Waals surface area (Å²) < 4.78 is 18.7. The number of hydroxylamine groups is 1. The molecule has 0 saturated heterocycles. The molecule has 0 amide bonds. The smallest absolute Gasteiger partial charge is 0.230 e. The summed E-state index contributed by atoms with van der Waals surface area (Å²) in [5.74, 6) is 1.36. The number of hydrogen-bond acceptors (Lipinski definition) is 4. The molecule has 1 aliphatic carbocycles. The number of aliphatic imine (C=N–C) groups is 1. The van der Waals surface area contributed by atoms with Crippen molar-refractivity contribution in [1.29, 1.82) is 0 Å². The van der Waals surface area contributed by atoms with E-state index in [0.717, 1.165) is 5.69 Å². The zero-order valence-corrected chi connectivity index (χ0v) is 12.8. The van der Waals surface area contributed by atoms with Crippen LogP contribution in [0.5, 0.6) is 11.6 Å². The molecule has 2 N–H and O–H groups in total. The Bertz CT molecular complexity index is 712. The highest BCUT2D eigenvalue weighted by atomic mass is 19.1. The summed E-state index contributed by atoms with van der Waals surface area (Å²) in [4.78, 5) is 8.75. The Balaban J connectivity index is 1.89. The van der Waals surface area contributed by atoms with Gasteiger partial charge in [0.1, 0.15) is 11.6 Å². The lowest BCUT2D eigenvalue weighted by molar-refractivity contribution is 0.234. The van der Waals surface area contributed by atoms with Crippen molar-refractivity contribution >= 4 is 5.84 Å². The molecular weight excluding hydrogens is 297 g/mol. The molecule has 2 aromatic rings. The first-order valence-electron chi connectivity index (χ1n) is 7.51. The van der Waals surface area contributed by atoms with Gasteiger partial charge in [-0.1, -0.05) is 0 Å². The normalized spacial score (nSPS) is 14.7. The second-order valence-corrected chi connectivity index (χ2v) is 5.61. The minimum atomic E-state index is -0.335. The lowest BCUT2D eigenvalue weighted by Crippen LogP contribution is -2.22. The average molecular weight is 315 g/mol. The van der Waals surface area contributed by atoms with E-state index in [9.17, 15) is 9.60 Å². The van der Waals surface area contributed by atoms with Crippen molar-refractivity contribution in [1.82, 2.24) is 10.5 Å². The third kappa shape index (κ3) is 4.04. The Kier molecular flexibility index (Phi) is 4.52. The van der Waals surface area contributed by atoms with Crippen molar-refractivity contribution in [2.24, 2.45) is 10.9 Å². The summed E-state index contributed by atoms with van der Waals surface area (Å²) >= 11 is 0. The van der Waals surface area contributed by atoms with Gasteiger partial charge in [-0.2, -0.15) is 0 Å². The number of aryl methyl sites for hydroxylation is 1. The topological polar surface area (TPSA) is 66.7 Å². The van der Waals surface area contributed by atoms with Crippen molar-refractivity contribution in [2.45, 2.75) is 19.8 Å². The number of hydrogen-bond donors (Lipinski definition) is 2. The van der Waals surface area contributed by atoms with E-state index >= 15 is 0 Å². The number of aromatic nitrogens is 1. The maximum absolute atomic E-state index is 13.0. The van der Waals surface area contributed by atoms with Gasteiger partial charge in [-0.3, -0.25) is 15.7 Å². The molecule has 23 heavy (non-hydrogen) atoms. The van der Waals surface area contributed by atoms with E-state index < -0.39 is 0 Å². The third-order valence-corrected chi connectivity index (χ3v) is 3.59. The standard InChI is InChI=1S/C17H18FN3O2/c1-11-2-9-15(16(21-22)19-10-12-3-4-12)17(20-11)23-14-7-5-13(18)6-8-14/h2,5-9,12,22H,3-4,10H2,1H3,(H,19,21). The summed E-state index contributed by atoms with van der Waals surface area (Å²) in [6.45, 7) is 2.50. The van der Waals surface area contributed by atoms with E-state index in [1.165, 1.54) is 37.1 Å². The lowest BCUT2D eigenvalue weighted by atomic mass is 10.2. The Morgan fingerprint density at radius 3 is 2.70 bits per heavy atom. The quantitative estimate of drug-likeness (QED) is 0.504. The van der Waals surface area contributed by atoms with Gasteiger partial charge in [0.25, 0.3) is 0 Å². The van der Waals surface area contributed by atoms with Gasteiger partial charge in [-0.25, -0.2) is 9.37 Å². The number of amidine groups is 1. The van der Waals surface area contributed by atoms with Crippen LogP contribution >= 0.6 is 0 Å². The van der Waals surface area contributed by atoms with Gasteiger partial charge in [0.2, 0.25) is 5.88 Å². The maximum Gasteiger partial charge on any atom is 0.230 e. The van der Waals surface area contributed by atoms with E-state index in [1.807, 2.05) is 13.0 Å². The molecule has 0 spiro atoms. The van der Waals surface area contributed by atoms with Crippen LogP contribution in [-0.2, 0) is 0 Å². The van der Waals surface area contributed by atoms with Gasteiger partial charge in [-0.05, 0) is 62.1 Å². The van der Waals surface area contributed by atoms with E-state index in [2.05, 4.69) is 15.5 Å². The number of halogens is 1. The minimum absolute atomic E-state index is 0.313. The van der Waals surface area contributed by atoms with Gasteiger partial charge in [-0.15, -0.1) is 0 Å².